The summed E-state index contributed by atoms with van der Waals surface area (Å²) >= 11 is 0. The summed E-state index contributed by atoms with van der Waals surface area (Å²) in [4.78, 5) is 27.3. The van der Waals surface area contributed by atoms with Gasteiger partial charge in [-0.1, -0.05) is 12.1 Å². The number of rotatable bonds is 2. The third-order valence-corrected chi connectivity index (χ3v) is 4.01. The van der Waals surface area contributed by atoms with E-state index < -0.39 is 0 Å². The van der Waals surface area contributed by atoms with Crippen molar-refractivity contribution in [2.24, 2.45) is 0 Å². The van der Waals surface area contributed by atoms with Crippen molar-refractivity contribution in [2.75, 3.05) is 0 Å². The number of benzene rings is 1. The molecule has 1 aliphatic carbocycles. The second kappa shape index (κ2) is 5.69. The van der Waals surface area contributed by atoms with E-state index in [0.717, 1.165) is 12.8 Å². The zero-order valence-corrected chi connectivity index (χ0v) is 11.6. The highest BCUT2D eigenvalue weighted by Crippen LogP contribution is 2.18. The van der Waals surface area contributed by atoms with E-state index in [-0.39, 0.29) is 29.2 Å². The highest BCUT2D eigenvalue weighted by Gasteiger charge is 2.21. The Labute approximate surface area is 122 Å². The third-order valence-electron chi connectivity index (χ3n) is 4.01. The molecule has 0 saturated heterocycles. The van der Waals surface area contributed by atoms with Crippen molar-refractivity contribution in [1.29, 1.82) is 0 Å². The smallest absolute Gasteiger partial charge is 0.268 e. The predicted octanol–water partition coefficient (Wildman–Crippen LogP) is 1.56. The van der Waals surface area contributed by atoms with Crippen LogP contribution in [0, 0.1) is 0 Å². The van der Waals surface area contributed by atoms with E-state index in [0.29, 0.717) is 23.7 Å². The number of aliphatic hydroxyl groups is 1. The van der Waals surface area contributed by atoms with Crippen LogP contribution >= 0.6 is 0 Å². The molecule has 0 spiro atoms. The number of carbonyl (C=O) groups excluding carboxylic acids is 1. The van der Waals surface area contributed by atoms with E-state index in [1.807, 2.05) is 6.07 Å². The molecular formula is C16H18N2O3. The minimum absolute atomic E-state index is 0.0656. The number of nitrogens with one attached hydrogen (secondary N) is 2. The first-order chi connectivity index (χ1) is 10.1. The van der Waals surface area contributed by atoms with Gasteiger partial charge in [0.1, 0.15) is 5.69 Å². The Kier molecular flexibility index (Phi) is 3.75. The zero-order chi connectivity index (χ0) is 14.8. The molecule has 0 atom stereocenters. The summed E-state index contributed by atoms with van der Waals surface area (Å²) in [5, 5.41) is 13.0. The van der Waals surface area contributed by atoms with Gasteiger partial charge in [0, 0.05) is 23.0 Å². The van der Waals surface area contributed by atoms with Crippen molar-refractivity contribution in [2.45, 2.75) is 37.8 Å². The summed E-state index contributed by atoms with van der Waals surface area (Å²) in [6.07, 6.45) is 2.70. The van der Waals surface area contributed by atoms with Crippen LogP contribution in [0.4, 0.5) is 0 Å². The van der Waals surface area contributed by atoms with Gasteiger partial charge >= 0.3 is 0 Å². The lowest BCUT2D eigenvalue weighted by molar-refractivity contribution is 0.0863. The number of carbonyl (C=O) groups is 1. The minimum Gasteiger partial charge on any atom is -0.393 e. The van der Waals surface area contributed by atoms with Gasteiger partial charge < -0.3 is 15.4 Å². The molecule has 2 aromatic rings. The molecule has 1 aliphatic rings. The van der Waals surface area contributed by atoms with E-state index in [9.17, 15) is 14.7 Å². The summed E-state index contributed by atoms with van der Waals surface area (Å²) in [7, 11) is 0. The maximum atomic E-state index is 12.2. The summed E-state index contributed by atoms with van der Waals surface area (Å²) < 4.78 is 0. The van der Waals surface area contributed by atoms with Crippen LogP contribution in [0.5, 0.6) is 0 Å². The molecule has 3 rings (SSSR count). The molecule has 110 valence electrons. The fourth-order valence-corrected chi connectivity index (χ4v) is 2.80. The number of hydrogen-bond donors (Lipinski definition) is 3. The number of H-pyrrole nitrogens is 1. The van der Waals surface area contributed by atoms with Crippen molar-refractivity contribution in [3.05, 3.63) is 46.2 Å². The number of hydrogen-bond acceptors (Lipinski definition) is 3. The maximum Gasteiger partial charge on any atom is 0.268 e. The quantitative estimate of drug-likeness (QED) is 0.783. The van der Waals surface area contributed by atoms with Crippen LogP contribution in [0.25, 0.3) is 10.9 Å². The molecule has 21 heavy (non-hydrogen) atoms. The molecule has 1 aromatic carbocycles. The van der Waals surface area contributed by atoms with Crippen LogP contribution in [-0.2, 0) is 0 Å². The molecule has 0 radical (unpaired) electrons. The van der Waals surface area contributed by atoms with Crippen LogP contribution in [0.3, 0.4) is 0 Å². The molecule has 0 aliphatic heterocycles. The highest BCUT2D eigenvalue weighted by atomic mass is 16.3. The van der Waals surface area contributed by atoms with Gasteiger partial charge in [-0.25, -0.2) is 0 Å². The fraction of sp³-hybridized carbons (Fsp3) is 0.375. The fourth-order valence-electron chi connectivity index (χ4n) is 2.80. The second-order valence-corrected chi connectivity index (χ2v) is 5.57. The summed E-state index contributed by atoms with van der Waals surface area (Å²) in [6.45, 7) is 0. The van der Waals surface area contributed by atoms with E-state index >= 15 is 0 Å². The lowest BCUT2D eigenvalue weighted by Crippen LogP contribution is -2.39. The molecule has 3 N–H and O–H groups in total. The minimum atomic E-state index is -0.265. The van der Waals surface area contributed by atoms with Crippen molar-refractivity contribution in [1.82, 2.24) is 10.3 Å². The molecular weight excluding hydrogens is 268 g/mol. The predicted molar refractivity (Wildman–Crippen MR) is 80.3 cm³/mol. The van der Waals surface area contributed by atoms with Gasteiger partial charge in [-0.2, -0.15) is 0 Å². The van der Waals surface area contributed by atoms with Gasteiger partial charge in [-0.05, 0) is 37.8 Å². The monoisotopic (exact) mass is 286 g/mol. The third kappa shape index (κ3) is 2.97. The number of pyridine rings is 1. The summed E-state index contributed by atoms with van der Waals surface area (Å²) in [5.74, 6) is -0.265. The van der Waals surface area contributed by atoms with Crippen LogP contribution in [0.2, 0.25) is 0 Å². The van der Waals surface area contributed by atoms with E-state index in [4.69, 9.17) is 0 Å². The Bertz CT molecular complexity index is 715. The molecule has 5 heteroatoms. The van der Waals surface area contributed by atoms with E-state index in [1.165, 1.54) is 6.07 Å². The lowest BCUT2D eigenvalue weighted by Gasteiger charge is -2.26. The molecule has 0 unspecified atom stereocenters. The van der Waals surface area contributed by atoms with Gasteiger partial charge in [-0.3, -0.25) is 9.59 Å². The topological polar surface area (TPSA) is 82.2 Å². The normalized spacial score (nSPS) is 22.1. The average molecular weight is 286 g/mol. The van der Waals surface area contributed by atoms with Crippen molar-refractivity contribution in [3.8, 4) is 0 Å². The number of para-hydroxylation sites is 1. The Balaban J connectivity index is 1.80. The first-order valence-electron chi connectivity index (χ1n) is 7.24. The van der Waals surface area contributed by atoms with E-state index in [2.05, 4.69) is 10.3 Å². The molecule has 1 saturated carbocycles. The second-order valence-electron chi connectivity index (χ2n) is 5.57. The van der Waals surface area contributed by atoms with E-state index in [1.54, 1.807) is 18.2 Å². The first-order valence-corrected chi connectivity index (χ1v) is 7.24. The Hall–Kier alpha value is -2.14. The zero-order valence-electron chi connectivity index (χ0n) is 11.6. The van der Waals surface area contributed by atoms with Gasteiger partial charge in [0.2, 0.25) is 0 Å². The molecule has 1 amide bonds. The Morgan fingerprint density at radius 3 is 2.67 bits per heavy atom. The van der Waals surface area contributed by atoms with Crippen molar-refractivity contribution >= 4 is 16.8 Å². The molecule has 1 heterocycles. The first kappa shape index (κ1) is 13.8. The summed E-state index contributed by atoms with van der Waals surface area (Å²) in [5.41, 5.74) is 0.785. The van der Waals surface area contributed by atoms with Gasteiger partial charge in [0.05, 0.1) is 6.10 Å². The number of aromatic amines is 1. The lowest BCUT2D eigenvalue weighted by atomic mass is 9.93. The Morgan fingerprint density at radius 2 is 1.90 bits per heavy atom. The van der Waals surface area contributed by atoms with Crippen LogP contribution < -0.4 is 10.7 Å². The van der Waals surface area contributed by atoms with Gasteiger partial charge in [-0.15, -0.1) is 0 Å². The largest absolute Gasteiger partial charge is 0.393 e. The van der Waals surface area contributed by atoms with Gasteiger partial charge in [0.15, 0.2) is 5.43 Å². The molecule has 0 bridgehead atoms. The standard InChI is InChI=1S/C16H18N2O3/c19-11-7-5-10(6-8-11)17-16(21)14-9-15(20)12-3-1-2-4-13(12)18-14/h1-4,9-11,19H,5-8H2,(H,17,21)(H,18,20). The highest BCUT2D eigenvalue weighted by molar-refractivity contribution is 5.94. The van der Waals surface area contributed by atoms with Gasteiger partial charge in [0.25, 0.3) is 5.91 Å². The number of fused-ring (bicyclic) bond motifs is 1. The van der Waals surface area contributed by atoms with Crippen LogP contribution in [-0.4, -0.2) is 28.1 Å². The van der Waals surface area contributed by atoms with Crippen LogP contribution in [0.1, 0.15) is 36.2 Å². The average Bonchev–Trinajstić information content (AvgIpc) is 2.49. The number of aliphatic hydroxyl groups excluding tert-OH is 1. The molecule has 5 nitrogen and oxygen atoms in total. The number of aromatic nitrogens is 1. The van der Waals surface area contributed by atoms with Crippen LogP contribution in [0.15, 0.2) is 35.1 Å². The molecule has 1 aromatic heterocycles. The molecule has 1 fully saturated rings. The number of amides is 1. The SMILES string of the molecule is O=C(NC1CCC(O)CC1)c1cc(=O)c2ccccc2[nH]1. The Morgan fingerprint density at radius 1 is 1.19 bits per heavy atom. The summed E-state index contributed by atoms with van der Waals surface area (Å²) in [6, 6.07) is 8.54. The van der Waals surface area contributed by atoms with Crippen molar-refractivity contribution < 1.29 is 9.90 Å². The van der Waals surface area contributed by atoms with Crippen molar-refractivity contribution in [3.63, 3.8) is 0 Å². The maximum absolute atomic E-state index is 12.2.